The molecule has 9 nitrogen and oxygen atoms in total. The summed E-state index contributed by atoms with van der Waals surface area (Å²) in [6.07, 6.45) is 5.28. The molecule has 4 heterocycles. The number of carbonyl (C=O) groups excluding carboxylic acids is 1. The number of rotatable bonds is 7. The van der Waals surface area contributed by atoms with E-state index in [1.54, 1.807) is 13.3 Å². The van der Waals surface area contributed by atoms with Crippen LogP contribution in [0.25, 0.3) is 27.8 Å². The fraction of sp³-hybridized carbons (Fsp3) is 0.296. The second-order valence-corrected chi connectivity index (χ2v) is 8.81. The summed E-state index contributed by atoms with van der Waals surface area (Å²) < 4.78 is 19.0. The number of hydrogen-bond donors (Lipinski definition) is 1. The Balaban J connectivity index is 1.27. The molecular formula is C27H27N5O4. The Labute approximate surface area is 208 Å². The van der Waals surface area contributed by atoms with Crippen molar-refractivity contribution in [1.82, 2.24) is 24.8 Å². The number of hydrogen-bond acceptors (Lipinski definition) is 7. The van der Waals surface area contributed by atoms with Gasteiger partial charge < -0.3 is 19.1 Å². The lowest BCUT2D eigenvalue weighted by Crippen LogP contribution is -2.34. The van der Waals surface area contributed by atoms with Gasteiger partial charge in [-0.15, -0.1) is 0 Å². The first-order valence-electron chi connectivity index (χ1n) is 12.1. The van der Waals surface area contributed by atoms with Crippen LogP contribution in [-0.2, 0) is 11.3 Å². The molecule has 2 aromatic heterocycles. The van der Waals surface area contributed by atoms with Crippen LogP contribution in [0.1, 0.15) is 18.5 Å². The second-order valence-electron chi connectivity index (χ2n) is 8.81. The number of fused-ring (bicyclic) bond motifs is 2. The average Bonchev–Trinajstić information content (AvgIpc) is 3.54. The molecule has 6 rings (SSSR count). The summed E-state index contributed by atoms with van der Waals surface area (Å²) in [4.78, 5) is 23.0. The van der Waals surface area contributed by atoms with E-state index in [4.69, 9.17) is 19.2 Å². The Morgan fingerprint density at radius 1 is 1.11 bits per heavy atom. The zero-order valence-electron chi connectivity index (χ0n) is 20.1. The van der Waals surface area contributed by atoms with Crippen molar-refractivity contribution < 1.29 is 19.0 Å². The lowest BCUT2D eigenvalue weighted by Gasteiger charge is -2.19. The van der Waals surface area contributed by atoms with Gasteiger partial charge in [-0.05, 0) is 41.8 Å². The number of likely N-dealkylation sites (tertiary alicyclic amines) is 1. The van der Waals surface area contributed by atoms with E-state index in [0.717, 1.165) is 46.5 Å². The molecule has 0 aliphatic carbocycles. The zero-order valence-corrected chi connectivity index (χ0v) is 20.1. The molecule has 36 heavy (non-hydrogen) atoms. The van der Waals surface area contributed by atoms with Crippen molar-refractivity contribution in [3.63, 3.8) is 0 Å². The molecule has 2 aromatic carbocycles. The zero-order chi connectivity index (χ0) is 24.5. The third-order valence-corrected chi connectivity index (χ3v) is 6.59. The first-order valence-corrected chi connectivity index (χ1v) is 12.1. The van der Waals surface area contributed by atoms with Crippen LogP contribution in [0.2, 0.25) is 0 Å². The lowest BCUT2D eigenvalue weighted by atomic mass is 10.0. The van der Waals surface area contributed by atoms with E-state index in [1.165, 1.54) is 0 Å². The van der Waals surface area contributed by atoms with E-state index in [-0.39, 0.29) is 5.91 Å². The van der Waals surface area contributed by atoms with Gasteiger partial charge in [0.15, 0.2) is 17.3 Å². The maximum atomic E-state index is 11.8. The monoisotopic (exact) mass is 485 g/mol. The highest BCUT2D eigenvalue weighted by molar-refractivity contribution is 5.96. The second kappa shape index (κ2) is 9.50. The van der Waals surface area contributed by atoms with Gasteiger partial charge >= 0.3 is 0 Å². The van der Waals surface area contributed by atoms with Gasteiger partial charge in [0.1, 0.15) is 18.9 Å². The summed E-state index contributed by atoms with van der Waals surface area (Å²) in [5.74, 6) is 2.85. The molecule has 9 heteroatoms. The Morgan fingerprint density at radius 3 is 2.83 bits per heavy atom. The third-order valence-electron chi connectivity index (χ3n) is 6.59. The number of carbonyl (C=O) groups is 1. The Morgan fingerprint density at radius 2 is 2.00 bits per heavy atom. The van der Waals surface area contributed by atoms with Crippen LogP contribution in [-0.4, -0.2) is 58.9 Å². The van der Waals surface area contributed by atoms with Gasteiger partial charge in [0.2, 0.25) is 11.8 Å². The van der Waals surface area contributed by atoms with Gasteiger partial charge in [0, 0.05) is 31.1 Å². The molecule has 1 fully saturated rings. The van der Waals surface area contributed by atoms with Crippen LogP contribution in [0.5, 0.6) is 17.4 Å². The molecule has 184 valence electrons. The van der Waals surface area contributed by atoms with Crippen molar-refractivity contribution in [3.8, 4) is 34.3 Å². The Hall–Kier alpha value is -4.11. The van der Waals surface area contributed by atoms with E-state index in [0.29, 0.717) is 50.2 Å². The molecule has 0 radical (unpaired) electrons. The average molecular weight is 486 g/mol. The van der Waals surface area contributed by atoms with Crippen LogP contribution in [0, 0.1) is 0 Å². The predicted octanol–water partition coefficient (Wildman–Crippen LogP) is 3.54. The summed E-state index contributed by atoms with van der Waals surface area (Å²) in [7, 11) is 1.59. The summed E-state index contributed by atoms with van der Waals surface area (Å²) in [6, 6.07) is 14.3. The number of nitrogens with zero attached hydrogens (tertiary/aromatic N) is 4. The van der Waals surface area contributed by atoms with Gasteiger partial charge in [-0.1, -0.05) is 18.2 Å². The van der Waals surface area contributed by atoms with Crippen molar-refractivity contribution >= 4 is 16.8 Å². The van der Waals surface area contributed by atoms with Crippen LogP contribution in [0.3, 0.4) is 0 Å². The maximum Gasteiger partial charge on any atom is 0.238 e. The van der Waals surface area contributed by atoms with Gasteiger partial charge in [-0.2, -0.15) is 4.98 Å². The van der Waals surface area contributed by atoms with Crippen molar-refractivity contribution in [2.45, 2.75) is 19.4 Å². The Bertz CT molecular complexity index is 1430. The van der Waals surface area contributed by atoms with Crippen molar-refractivity contribution in [3.05, 3.63) is 60.6 Å². The largest absolute Gasteiger partial charge is 0.486 e. The minimum absolute atomic E-state index is 0.186. The van der Waals surface area contributed by atoms with E-state index in [1.807, 2.05) is 33.9 Å². The highest BCUT2D eigenvalue weighted by Gasteiger charge is 2.20. The molecule has 0 bridgehead atoms. The fourth-order valence-electron chi connectivity index (χ4n) is 4.80. The van der Waals surface area contributed by atoms with E-state index in [2.05, 4.69) is 34.6 Å². The van der Waals surface area contributed by atoms with Crippen LogP contribution < -0.4 is 19.5 Å². The minimum atomic E-state index is 0.186. The molecule has 4 aromatic rings. The normalized spacial score (nSPS) is 15.0. The minimum Gasteiger partial charge on any atom is -0.486 e. The van der Waals surface area contributed by atoms with Crippen LogP contribution in [0.4, 0.5) is 0 Å². The first-order chi connectivity index (χ1) is 17.7. The van der Waals surface area contributed by atoms with Gasteiger partial charge in [-0.25, -0.2) is 0 Å². The van der Waals surface area contributed by atoms with Crippen molar-refractivity contribution in [1.29, 1.82) is 0 Å². The highest BCUT2D eigenvalue weighted by Crippen LogP contribution is 2.37. The van der Waals surface area contributed by atoms with E-state index < -0.39 is 0 Å². The molecule has 2 aliphatic heterocycles. The lowest BCUT2D eigenvalue weighted by molar-refractivity contribution is -0.128. The molecule has 1 saturated heterocycles. The number of aromatic nitrogens is 3. The standard InChI is InChI=1S/C27H27N5O4/c1-34-27-21(15-28-17-31-10-3-6-26(31)33)29-16-25(30-27)32-11-9-20-19(4-2-5-22(20)32)18-7-8-23-24(14-18)36-13-12-35-23/h2,4-5,7-9,11,14,16,28H,3,6,10,12-13,15,17H2,1H3. The fourth-order valence-corrected chi connectivity index (χ4v) is 4.80. The molecular weight excluding hydrogens is 458 g/mol. The summed E-state index contributed by atoms with van der Waals surface area (Å²) in [5, 5.41) is 4.37. The number of nitrogens with one attached hydrogen (secondary N) is 1. The molecule has 2 aliphatic rings. The van der Waals surface area contributed by atoms with Crippen molar-refractivity contribution in [2.24, 2.45) is 0 Å². The molecule has 0 saturated carbocycles. The maximum absolute atomic E-state index is 11.8. The summed E-state index contributed by atoms with van der Waals surface area (Å²) in [5.41, 5.74) is 3.86. The number of methoxy groups -OCH3 is 1. The van der Waals surface area contributed by atoms with Gasteiger partial charge in [0.25, 0.3) is 0 Å². The number of ether oxygens (including phenoxy) is 3. The SMILES string of the molecule is COc1nc(-n2ccc3c(-c4ccc5c(c4)OCCO5)cccc32)cnc1CNCN1CCCC1=O. The van der Waals surface area contributed by atoms with E-state index in [9.17, 15) is 4.79 Å². The topological polar surface area (TPSA) is 90.7 Å². The van der Waals surface area contributed by atoms with Crippen LogP contribution in [0.15, 0.2) is 54.9 Å². The van der Waals surface area contributed by atoms with Gasteiger partial charge in [0.05, 0.1) is 25.5 Å². The van der Waals surface area contributed by atoms with E-state index >= 15 is 0 Å². The highest BCUT2D eigenvalue weighted by atomic mass is 16.6. The predicted molar refractivity (Wildman–Crippen MR) is 134 cm³/mol. The quantitative estimate of drug-likeness (QED) is 0.428. The van der Waals surface area contributed by atoms with Crippen molar-refractivity contribution in [2.75, 3.05) is 33.5 Å². The first kappa shape index (κ1) is 22.4. The molecule has 0 spiro atoms. The molecule has 0 unspecified atom stereocenters. The number of benzene rings is 2. The molecule has 1 amide bonds. The number of amides is 1. The summed E-state index contributed by atoms with van der Waals surface area (Å²) in [6.45, 7) is 2.88. The molecule has 0 atom stereocenters. The smallest absolute Gasteiger partial charge is 0.238 e. The molecule has 1 N–H and O–H groups in total. The van der Waals surface area contributed by atoms with Gasteiger partial charge in [-0.3, -0.25) is 19.7 Å². The third kappa shape index (κ3) is 4.11. The summed E-state index contributed by atoms with van der Waals surface area (Å²) >= 11 is 0. The van der Waals surface area contributed by atoms with Crippen LogP contribution >= 0.6 is 0 Å². The Kier molecular flexibility index (Phi) is 5.90.